The van der Waals surface area contributed by atoms with E-state index in [1.165, 1.54) is 0 Å². The Hall–Kier alpha value is -1.84. The summed E-state index contributed by atoms with van der Waals surface area (Å²) >= 11 is 12.1. The summed E-state index contributed by atoms with van der Waals surface area (Å²) in [6, 6.07) is 7.33. The zero-order valence-electron chi connectivity index (χ0n) is 14.9. The largest absolute Gasteiger partial charge is 0.459 e. The number of benzene rings is 1. The van der Waals surface area contributed by atoms with E-state index in [9.17, 15) is 9.59 Å². The van der Waals surface area contributed by atoms with E-state index in [1.54, 1.807) is 57.2 Å². The lowest BCUT2D eigenvalue weighted by Gasteiger charge is -2.29. The zero-order valence-corrected chi connectivity index (χ0v) is 16.4. The Bertz CT molecular complexity index is 841. The van der Waals surface area contributed by atoms with Crippen LogP contribution in [0.2, 0.25) is 5.02 Å². The molecule has 0 aromatic heterocycles. The van der Waals surface area contributed by atoms with Crippen LogP contribution in [0.3, 0.4) is 0 Å². The lowest BCUT2D eigenvalue weighted by atomic mass is 9.78. The molecule has 0 heterocycles. The minimum Gasteiger partial charge on any atom is -0.459 e. The van der Waals surface area contributed by atoms with Crippen LogP contribution in [-0.4, -0.2) is 17.4 Å². The second kappa shape index (κ2) is 6.71. The molecule has 1 aromatic rings. The van der Waals surface area contributed by atoms with Crippen LogP contribution in [-0.2, 0) is 14.3 Å². The molecule has 26 heavy (non-hydrogen) atoms. The number of ketones is 1. The van der Waals surface area contributed by atoms with Crippen molar-refractivity contribution in [2.75, 3.05) is 0 Å². The molecule has 0 radical (unpaired) electrons. The normalized spacial score (nSPS) is 25.3. The Labute approximate surface area is 163 Å². The predicted octanol–water partition coefficient (Wildman–Crippen LogP) is 5.34. The van der Waals surface area contributed by atoms with Gasteiger partial charge in [0.05, 0.1) is 0 Å². The molecule has 3 rings (SSSR count). The molecular weight excluding hydrogens is 371 g/mol. The Morgan fingerprint density at radius 1 is 1.15 bits per heavy atom. The van der Waals surface area contributed by atoms with E-state index in [-0.39, 0.29) is 18.1 Å². The Morgan fingerprint density at radius 3 is 2.42 bits per heavy atom. The fourth-order valence-electron chi connectivity index (χ4n) is 3.41. The monoisotopic (exact) mass is 390 g/mol. The molecule has 0 aliphatic heterocycles. The van der Waals surface area contributed by atoms with Crippen molar-refractivity contribution in [1.82, 2.24) is 0 Å². The van der Waals surface area contributed by atoms with Gasteiger partial charge in [0, 0.05) is 22.4 Å². The van der Waals surface area contributed by atoms with Crippen LogP contribution in [0.5, 0.6) is 0 Å². The van der Waals surface area contributed by atoms with Crippen molar-refractivity contribution in [3.05, 3.63) is 69.8 Å². The van der Waals surface area contributed by atoms with E-state index in [4.69, 9.17) is 27.9 Å². The smallest absolute Gasteiger partial charge is 0.328 e. The van der Waals surface area contributed by atoms with Crippen LogP contribution in [0.15, 0.2) is 59.2 Å². The molecule has 0 bridgehead atoms. The standard InChI is InChI=1S/C21H20Cl2O3/c1-20(2,3)26-19(25)21-11-10-15(23)8-9-17(21)16(12-18(21)24)13-4-6-14(22)7-5-13/h4-11,16H,12H2,1-3H3/t16-,21-/m1/s1. The average Bonchev–Trinajstić information content (AvgIpc) is 2.70. The van der Waals surface area contributed by atoms with Gasteiger partial charge in [0.2, 0.25) is 0 Å². The molecule has 1 saturated carbocycles. The predicted molar refractivity (Wildman–Crippen MR) is 103 cm³/mol. The molecular formula is C21H20Cl2O3. The third-order valence-corrected chi connectivity index (χ3v) is 5.07. The number of hydrogen-bond donors (Lipinski definition) is 0. The molecule has 0 unspecified atom stereocenters. The molecule has 3 nitrogen and oxygen atoms in total. The highest BCUT2D eigenvalue weighted by molar-refractivity contribution is 6.31. The minimum absolute atomic E-state index is 0.186. The number of esters is 1. The molecule has 136 valence electrons. The van der Waals surface area contributed by atoms with Crippen molar-refractivity contribution in [1.29, 1.82) is 0 Å². The van der Waals surface area contributed by atoms with Crippen LogP contribution < -0.4 is 0 Å². The number of halogens is 2. The first-order valence-corrected chi connectivity index (χ1v) is 9.18. The van der Waals surface area contributed by atoms with Gasteiger partial charge >= 0.3 is 5.97 Å². The minimum atomic E-state index is -1.44. The highest BCUT2D eigenvalue weighted by Gasteiger charge is 2.56. The second-order valence-electron chi connectivity index (χ2n) is 7.55. The van der Waals surface area contributed by atoms with Crippen LogP contribution in [0.25, 0.3) is 0 Å². The number of hydrogen-bond acceptors (Lipinski definition) is 3. The van der Waals surface area contributed by atoms with E-state index in [0.717, 1.165) is 5.56 Å². The van der Waals surface area contributed by atoms with Gasteiger partial charge in [0.15, 0.2) is 11.2 Å². The molecule has 1 fully saturated rings. The lowest BCUT2D eigenvalue weighted by molar-refractivity contribution is -0.164. The van der Waals surface area contributed by atoms with Crippen molar-refractivity contribution in [2.45, 2.75) is 38.7 Å². The molecule has 0 spiro atoms. The van der Waals surface area contributed by atoms with Crippen molar-refractivity contribution in [2.24, 2.45) is 5.41 Å². The Morgan fingerprint density at radius 2 is 1.81 bits per heavy atom. The van der Waals surface area contributed by atoms with Gasteiger partial charge in [-0.1, -0.05) is 47.5 Å². The SMILES string of the molecule is CC(C)(C)OC(=O)[C@]12C=CC(Cl)=CC=C1[C@@H](c1ccc(Cl)cc1)CC2=O. The highest BCUT2D eigenvalue weighted by atomic mass is 35.5. The van der Waals surface area contributed by atoms with Gasteiger partial charge in [-0.05, 0) is 56.2 Å². The molecule has 0 saturated heterocycles. The molecule has 2 aliphatic carbocycles. The van der Waals surface area contributed by atoms with E-state index in [0.29, 0.717) is 15.6 Å². The summed E-state index contributed by atoms with van der Waals surface area (Å²) in [5, 5.41) is 1.08. The van der Waals surface area contributed by atoms with Gasteiger partial charge in [-0.25, -0.2) is 0 Å². The molecule has 2 aliphatic rings. The second-order valence-corrected chi connectivity index (χ2v) is 8.42. The quantitative estimate of drug-likeness (QED) is 0.505. The van der Waals surface area contributed by atoms with E-state index in [2.05, 4.69) is 0 Å². The number of Topliss-reactive ketones (excluding diaryl/α,β-unsaturated/α-hetero) is 1. The first-order valence-electron chi connectivity index (χ1n) is 8.43. The van der Waals surface area contributed by atoms with E-state index in [1.807, 2.05) is 12.1 Å². The maximum absolute atomic E-state index is 13.1. The summed E-state index contributed by atoms with van der Waals surface area (Å²) in [5.41, 5.74) is -0.525. The van der Waals surface area contributed by atoms with Gasteiger partial charge in [0.1, 0.15) is 5.60 Å². The topological polar surface area (TPSA) is 43.4 Å². The number of fused-ring (bicyclic) bond motifs is 1. The van der Waals surface area contributed by atoms with Gasteiger partial charge in [0.25, 0.3) is 0 Å². The van der Waals surface area contributed by atoms with Gasteiger partial charge < -0.3 is 4.74 Å². The Balaban J connectivity index is 2.12. The summed E-state index contributed by atoms with van der Waals surface area (Å²) in [6.07, 6.45) is 6.88. The fourth-order valence-corrected chi connectivity index (χ4v) is 3.66. The zero-order chi connectivity index (χ0) is 19.1. The summed E-state index contributed by atoms with van der Waals surface area (Å²) in [4.78, 5) is 26.2. The maximum atomic E-state index is 13.1. The summed E-state index contributed by atoms with van der Waals surface area (Å²) < 4.78 is 5.61. The fraction of sp³-hybridized carbons (Fsp3) is 0.333. The van der Waals surface area contributed by atoms with Crippen LogP contribution in [0, 0.1) is 5.41 Å². The number of carbonyl (C=O) groups is 2. The number of allylic oxidation sites excluding steroid dienone is 4. The van der Waals surface area contributed by atoms with Gasteiger partial charge in [-0.3, -0.25) is 9.59 Å². The van der Waals surface area contributed by atoms with E-state index < -0.39 is 17.0 Å². The van der Waals surface area contributed by atoms with E-state index >= 15 is 0 Å². The number of carbonyl (C=O) groups excluding carboxylic acids is 2. The Kier molecular flexibility index (Phi) is 4.89. The van der Waals surface area contributed by atoms with Gasteiger partial charge in [-0.15, -0.1) is 0 Å². The van der Waals surface area contributed by atoms with Crippen molar-refractivity contribution >= 4 is 35.0 Å². The highest BCUT2D eigenvalue weighted by Crippen LogP contribution is 2.52. The summed E-state index contributed by atoms with van der Waals surface area (Å²) in [5.74, 6) is -0.974. The third kappa shape index (κ3) is 3.38. The summed E-state index contributed by atoms with van der Waals surface area (Å²) in [7, 11) is 0. The third-order valence-electron chi connectivity index (χ3n) is 4.57. The lowest BCUT2D eigenvalue weighted by Crippen LogP contribution is -2.40. The first-order chi connectivity index (χ1) is 12.1. The van der Waals surface area contributed by atoms with Crippen LogP contribution >= 0.6 is 23.2 Å². The molecule has 0 N–H and O–H groups in total. The first kappa shape index (κ1) is 18.9. The molecule has 2 atom stereocenters. The van der Waals surface area contributed by atoms with Crippen molar-refractivity contribution in [3.63, 3.8) is 0 Å². The van der Waals surface area contributed by atoms with Crippen molar-refractivity contribution in [3.8, 4) is 0 Å². The van der Waals surface area contributed by atoms with Crippen LogP contribution in [0.1, 0.15) is 38.7 Å². The summed E-state index contributed by atoms with van der Waals surface area (Å²) in [6.45, 7) is 5.35. The maximum Gasteiger partial charge on any atom is 0.328 e. The molecule has 1 aromatic carbocycles. The molecule has 0 amide bonds. The average molecular weight is 391 g/mol. The number of ether oxygens (including phenoxy) is 1. The van der Waals surface area contributed by atoms with Crippen molar-refractivity contribution < 1.29 is 14.3 Å². The molecule has 5 heteroatoms. The van der Waals surface area contributed by atoms with Gasteiger partial charge in [-0.2, -0.15) is 0 Å². The van der Waals surface area contributed by atoms with Crippen LogP contribution in [0.4, 0.5) is 0 Å². The number of rotatable bonds is 2.